The van der Waals surface area contributed by atoms with Gasteiger partial charge in [0.2, 0.25) is 5.91 Å². The molecule has 1 aromatic heterocycles. The Bertz CT molecular complexity index is 934. The Morgan fingerprint density at radius 3 is 2.72 bits per heavy atom. The molecule has 2 aromatic rings. The van der Waals surface area contributed by atoms with Gasteiger partial charge < -0.3 is 15.3 Å². The van der Waals surface area contributed by atoms with E-state index in [1.165, 1.54) is 16.9 Å². The fourth-order valence-corrected chi connectivity index (χ4v) is 4.62. The van der Waals surface area contributed by atoms with Gasteiger partial charge in [-0.1, -0.05) is 42.8 Å². The zero-order chi connectivity index (χ0) is 22.3. The number of fused-ring (bicyclic) bond motifs is 1. The SMILES string of the molecule is O=C(O)[C@H](c1ccccc1)N1CCN(CCCCCc2ccc3c(n2)NCCC3)CC1=O. The van der Waals surface area contributed by atoms with Crippen LogP contribution in [-0.4, -0.2) is 64.5 Å². The molecule has 2 aliphatic rings. The fraction of sp³-hybridized carbons (Fsp3) is 0.480. The number of piperazine rings is 1. The van der Waals surface area contributed by atoms with Crippen molar-refractivity contribution >= 4 is 17.7 Å². The molecule has 1 amide bonds. The Balaban J connectivity index is 1.20. The molecule has 0 unspecified atom stereocenters. The lowest BCUT2D eigenvalue weighted by atomic mass is 10.0. The Morgan fingerprint density at radius 1 is 1.09 bits per heavy atom. The summed E-state index contributed by atoms with van der Waals surface area (Å²) < 4.78 is 0. The van der Waals surface area contributed by atoms with Gasteiger partial charge >= 0.3 is 5.97 Å². The largest absolute Gasteiger partial charge is 0.479 e. The van der Waals surface area contributed by atoms with Gasteiger partial charge in [0.1, 0.15) is 5.82 Å². The second-order valence-electron chi connectivity index (χ2n) is 8.67. The number of aromatic nitrogens is 1. The summed E-state index contributed by atoms with van der Waals surface area (Å²) in [5.41, 5.74) is 3.11. The molecule has 1 atom stereocenters. The number of unbranched alkanes of at least 4 members (excludes halogenated alkanes) is 2. The van der Waals surface area contributed by atoms with Gasteiger partial charge in [0.05, 0.1) is 6.54 Å². The van der Waals surface area contributed by atoms with Crippen LogP contribution in [0.4, 0.5) is 5.82 Å². The van der Waals surface area contributed by atoms with Gasteiger partial charge in [0.25, 0.3) is 0 Å². The third-order valence-corrected chi connectivity index (χ3v) is 6.36. The van der Waals surface area contributed by atoms with Crippen LogP contribution in [-0.2, 0) is 22.4 Å². The number of aryl methyl sites for hydroxylation is 2. The standard InChI is InChI=1S/C25H32N4O3/c30-22-18-28(16-17-29(22)23(25(31)32)19-8-3-1-4-9-19)15-6-2-5-11-21-13-12-20-10-7-14-26-24(20)27-21/h1,3-4,8-9,12-13,23H,2,5-7,10-11,14-18H2,(H,26,27)(H,31,32)/t23-/m0/s1. The second kappa shape index (κ2) is 10.6. The van der Waals surface area contributed by atoms with Gasteiger partial charge in [0, 0.05) is 25.3 Å². The number of carboxylic acid groups (broad SMARTS) is 1. The smallest absolute Gasteiger partial charge is 0.331 e. The minimum absolute atomic E-state index is 0.113. The van der Waals surface area contributed by atoms with Crippen LogP contribution in [0.3, 0.4) is 0 Å². The van der Waals surface area contributed by atoms with Crippen molar-refractivity contribution in [3.8, 4) is 0 Å². The first-order valence-corrected chi connectivity index (χ1v) is 11.6. The summed E-state index contributed by atoms with van der Waals surface area (Å²) in [5.74, 6) is -0.0393. The molecule has 32 heavy (non-hydrogen) atoms. The predicted octanol–water partition coefficient (Wildman–Crippen LogP) is 3.12. The highest BCUT2D eigenvalue weighted by atomic mass is 16.4. The van der Waals surface area contributed by atoms with Crippen molar-refractivity contribution in [2.24, 2.45) is 0 Å². The summed E-state index contributed by atoms with van der Waals surface area (Å²) in [6.07, 6.45) is 6.45. The number of carbonyl (C=O) groups is 2. The third kappa shape index (κ3) is 5.46. The molecule has 1 aromatic carbocycles. The van der Waals surface area contributed by atoms with Crippen molar-refractivity contribution in [2.45, 2.75) is 44.6 Å². The van der Waals surface area contributed by atoms with E-state index in [0.717, 1.165) is 56.7 Å². The number of nitrogens with zero attached hydrogens (tertiary/aromatic N) is 3. The molecule has 7 heteroatoms. The molecule has 0 saturated carbocycles. The number of aliphatic carboxylic acids is 1. The number of amides is 1. The maximum atomic E-state index is 12.7. The summed E-state index contributed by atoms with van der Waals surface area (Å²) in [7, 11) is 0. The van der Waals surface area contributed by atoms with E-state index in [4.69, 9.17) is 4.98 Å². The Morgan fingerprint density at radius 2 is 1.94 bits per heavy atom. The predicted molar refractivity (Wildman–Crippen MR) is 124 cm³/mol. The van der Waals surface area contributed by atoms with Gasteiger partial charge in [-0.25, -0.2) is 9.78 Å². The van der Waals surface area contributed by atoms with Crippen LogP contribution in [0.2, 0.25) is 0 Å². The maximum Gasteiger partial charge on any atom is 0.331 e. The summed E-state index contributed by atoms with van der Waals surface area (Å²) in [4.78, 5) is 33.0. The van der Waals surface area contributed by atoms with E-state index >= 15 is 0 Å². The number of benzene rings is 1. The Hall–Kier alpha value is -2.93. The molecule has 4 rings (SSSR count). The molecular weight excluding hydrogens is 404 g/mol. The lowest BCUT2D eigenvalue weighted by Gasteiger charge is -2.37. The normalized spacial score (nSPS) is 17.5. The second-order valence-corrected chi connectivity index (χ2v) is 8.67. The van der Waals surface area contributed by atoms with E-state index in [9.17, 15) is 14.7 Å². The lowest BCUT2D eigenvalue weighted by Crippen LogP contribution is -2.53. The van der Waals surface area contributed by atoms with Crippen molar-refractivity contribution in [3.05, 3.63) is 59.3 Å². The fourth-order valence-electron chi connectivity index (χ4n) is 4.62. The molecule has 0 spiro atoms. The van der Waals surface area contributed by atoms with Crippen LogP contribution in [0.1, 0.15) is 48.5 Å². The topological polar surface area (TPSA) is 85.8 Å². The van der Waals surface area contributed by atoms with Crippen molar-refractivity contribution in [2.75, 3.05) is 38.0 Å². The monoisotopic (exact) mass is 436 g/mol. The highest BCUT2D eigenvalue weighted by Crippen LogP contribution is 2.24. The summed E-state index contributed by atoms with van der Waals surface area (Å²) in [5, 5.41) is 13.1. The molecule has 0 bridgehead atoms. The molecule has 1 fully saturated rings. The van der Waals surface area contributed by atoms with Crippen LogP contribution in [0.15, 0.2) is 42.5 Å². The Kier molecular flexibility index (Phi) is 7.37. The minimum Gasteiger partial charge on any atom is -0.479 e. The van der Waals surface area contributed by atoms with Gasteiger partial charge in [-0.15, -0.1) is 0 Å². The number of hydrogen-bond acceptors (Lipinski definition) is 5. The van der Waals surface area contributed by atoms with E-state index in [1.807, 2.05) is 18.2 Å². The van der Waals surface area contributed by atoms with E-state index in [2.05, 4.69) is 22.3 Å². The number of anilines is 1. The van der Waals surface area contributed by atoms with E-state index in [1.54, 1.807) is 12.1 Å². The maximum absolute atomic E-state index is 12.7. The Labute approximate surface area is 189 Å². The molecule has 0 radical (unpaired) electrons. The van der Waals surface area contributed by atoms with Crippen molar-refractivity contribution in [3.63, 3.8) is 0 Å². The van der Waals surface area contributed by atoms with Crippen LogP contribution in [0.25, 0.3) is 0 Å². The van der Waals surface area contributed by atoms with Gasteiger partial charge in [-0.3, -0.25) is 9.69 Å². The summed E-state index contributed by atoms with van der Waals surface area (Å²) in [6.45, 7) is 3.31. The van der Waals surface area contributed by atoms with Gasteiger partial charge in [-0.05, 0) is 55.8 Å². The van der Waals surface area contributed by atoms with E-state index in [0.29, 0.717) is 18.7 Å². The molecule has 1 saturated heterocycles. The first-order chi connectivity index (χ1) is 15.6. The summed E-state index contributed by atoms with van der Waals surface area (Å²) >= 11 is 0. The van der Waals surface area contributed by atoms with Crippen LogP contribution < -0.4 is 5.32 Å². The average Bonchev–Trinajstić information content (AvgIpc) is 2.81. The molecule has 7 nitrogen and oxygen atoms in total. The van der Waals surface area contributed by atoms with Crippen molar-refractivity contribution in [1.82, 2.24) is 14.8 Å². The molecule has 170 valence electrons. The quantitative estimate of drug-likeness (QED) is 0.588. The van der Waals surface area contributed by atoms with Crippen molar-refractivity contribution < 1.29 is 14.7 Å². The minimum atomic E-state index is -0.982. The summed E-state index contributed by atoms with van der Waals surface area (Å²) in [6, 6.07) is 12.4. The molecule has 0 aliphatic carbocycles. The number of carbonyl (C=O) groups excluding carboxylic acids is 1. The molecule has 2 aliphatic heterocycles. The number of carboxylic acids is 1. The zero-order valence-electron chi connectivity index (χ0n) is 18.5. The van der Waals surface area contributed by atoms with Crippen LogP contribution in [0.5, 0.6) is 0 Å². The third-order valence-electron chi connectivity index (χ3n) is 6.36. The lowest BCUT2D eigenvalue weighted by molar-refractivity contribution is -0.153. The van der Waals surface area contributed by atoms with Gasteiger partial charge in [-0.2, -0.15) is 0 Å². The number of rotatable bonds is 9. The number of nitrogens with one attached hydrogen (secondary N) is 1. The zero-order valence-corrected chi connectivity index (χ0v) is 18.5. The van der Waals surface area contributed by atoms with Crippen molar-refractivity contribution in [1.29, 1.82) is 0 Å². The van der Waals surface area contributed by atoms with Gasteiger partial charge in [0.15, 0.2) is 6.04 Å². The number of hydrogen-bond donors (Lipinski definition) is 2. The van der Waals surface area contributed by atoms with Crippen LogP contribution >= 0.6 is 0 Å². The molecular formula is C25H32N4O3. The molecule has 3 heterocycles. The number of pyridine rings is 1. The van der Waals surface area contributed by atoms with E-state index < -0.39 is 12.0 Å². The highest BCUT2D eigenvalue weighted by Gasteiger charge is 2.34. The first kappa shape index (κ1) is 22.3. The average molecular weight is 437 g/mol. The van der Waals surface area contributed by atoms with E-state index in [-0.39, 0.29) is 12.5 Å². The molecule has 2 N–H and O–H groups in total. The highest BCUT2D eigenvalue weighted by molar-refractivity contribution is 5.86. The van der Waals surface area contributed by atoms with Crippen LogP contribution in [0, 0.1) is 0 Å². The first-order valence-electron chi connectivity index (χ1n) is 11.6.